The molecule has 0 radical (unpaired) electrons. The van der Waals surface area contributed by atoms with E-state index in [2.05, 4.69) is 255 Å². The zero-order valence-electron chi connectivity index (χ0n) is 40.1. The summed E-state index contributed by atoms with van der Waals surface area (Å²) in [5, 5.41) is 20.0. The molecule has 16 rings (SSSR count). The second-order valence-corrected chi connectivity index (χ2v) is 21.0. The van der Waals surface area contributed by atoms with Gasteiger partial charge < -0.3 is 4.42 Å². The van der Waals surface area contributed by atoms with Crippen LogP contribution in [0.4, 0.5) is 0 Å². The van der Waals surface area contributed by atoms with Gasteiger partial charge in [-0.2, -0.15) is 0 Å². The molecular weight excluding hydrogens is 913 g/mol. The molecule has 342 valence electrons. The third-order valence-electron chi connectivity index (χ3n) is 15.8. The standard InChI is InChI=1S/C72H42OS/c1-3-12-57-45(8-1)20-24-48-25-21-46-22-26-51(37-63(46)71(48)57)43-16-18-44(19-17-43)52-30-34-67-65(39-52)59-32-29-56(42-68(59)73-67)62-41-55-9-2-4-13-58(55)72-61(62)33-28-47-23-27-53(38-64(47)72)49-10-7-11-50(36-49)54-31-35-70-66(40-54)60-14-5-6-15-69(60)74-70/h1-42H. The van der Waals surface area contributed by atoms with E-state index in [1.807, 2.05) is 11.3 Å². The SMILES string of the molecule is c1cc(-c2ccc3sc4ccccc4c3c2)cc(-c2ccc3ccc4c(-c5ccc6c(c5)oc5ccc(-c7ccc(-c8ccc9ccc%10ccc%11ccccc%11c%10c9c8)cc7)cc56)cc5ccccc5c4c3c2)c1. The van der Waals surface area contributed by atoms with E-state index in [1.165, 1.54) is 135 Å². The summed E-state index contributed by atoms with van der Waals surface area (Å²) in [6, 6.07) is 94.4. The molecule has 0 amide bonds. The Morgan fingerprint density at radius 2 is 0.703 bits per heavy atom. The molecule has 0 N–H and O–H groups in total. The number of hydrogen-bond donors (Lipinski definition) is 0. The van der Waals surface area contributed by atoms with Gasteiger partial charge in [-0.05, 0) is 187 Å². The fraction of sp³-hybridized carbons (Fsp3) is 0. The van der Waals surface area contributed by atoms with Crippen LogP contribution in [-0.2, 0) is 0 Å². The van der Waals surface area contributed by atoms with Crippen LogP contribution in [0.5, 0.6) is 0 Å². The molecule has 74 heavy (non-hydrogen) atoms. The van der Waals surface area contributed by atoms with E-state index in [0.29, 0.717) is 0 Å². The lowest BCUT2D eigenvalue weighted by atomic mass is 9.89. The Labute approximate surface area is 430 Å². The smallest absolute Gasteiger partial charge is 0.136 e. The average Bonchev–Trinajstić information content (AvgIpc) is 4.04. The lowest BCUT2D eigenvalue weighted by Gasteiger charge is -2.15. The summed E-state index contributed by atoms with van der Waals surface area (Å²) in [6.07, 6.45) is 0. The normalized spacial score (nSPS) is 12.1. The number of fused-ring (bicyclic) bond motifs is 16. The maximum atomic E-state index is 6.69. The quantitative estimate of drug-likeness (QED) is 0.157. The Hall–Kier alpha value is -9.34. The van der Waals surface area contributed by atoms with Crippen LogP contribution in [0.25, 0.3) is 162 Å². The first-order chi connectivity index (χ1) is 36.6. The highest BCUT2D eigenvalue weighted by Crippen LogP contribution is 2.44. The van der Waals surface area contributed by atoms with Crippen LogP contribution in [0.1, 0.15) is 0 Å². The van der Waals surface area contributed by atoms with Crippen molar-refractivity contribution in [2.24, 2.45) is 0 Å². The Kier molecular flexibility index (Phi) is 8.98. The Morgan fingerprint density at radius 1 is 0.216 bits per heavy atom. The fourth-order valence-corrected chi connectivity index (χ4v) is 13.2. The van der Waals surface area contributed by atoms with Gasteiger partial charge >= 0.3 is 0 Å². The molecule has 0 spiro atoms. The minimum atomic E-state index is 0.886. The van der Waals surface area contributed by atoms with Crippen molar-refractivity contribution in [1.29, 1.82) is 0 Å². The number of hydrogen-bond acceptors (Lipinski definition) is 2. The summed E-state index contributed by atoms with van der Waals surface area (Å²) in [7, 11) is 0. The predicted octanol–water partition coefficient (Wildman–Crippen LogP) is 21.2. The van der Waals surface area contributed by atoms with Crippen LogP contribution < -0.4 is 0 Å². The molecule has 14 aromatic carbocycles. The van der Waals surface area contributed by atoms with E-state index >= 15 is 0 Å². The molecule has 2 heterocycles. The molecule has 0 saturated carbocycles. The highest BCUT2D eigenvalue weighted by Gasteiger charge is 2.17. The predicted molar refractivity (Wildman–Crippen MR) is 319 cm³/mol. The van der Waals surface area contributed by atoms with Gasteiger partial charge in [0.2, 0.25) is 0 Å². The molecule has 0 aliphatic rings. The first-order valence-corrected chi connectivity index (χ1v) is 26.3. The molecule has 1 nitrogen and oxygen atoms in total. The van der Waals surface area contributed by atoms with Crippen molar-refractivity contribution >= 4 is 118 Å². The number of rotatable bonds is 5. The van der Waals surface area contributed by atoms with Gasteiger partial charge in [-0.1, -0.05) is 188 Å². The zero-order chi connectivity index (χ0) is 48.4. The number of benzene rings is 14. The zero-order valence-corrected chi connectivity index (χ0v) is 40.9. The van der Waals surface area contributed by atoms with Crippen molar-refractivity contribution in [2.45, 2.75) is 0 Å². The van der Waals surface area contributed by atoms with Crippen molar-refractivity contribution in [3.05, 3.63) is 255 Å². The molecule has 16 aromatic rings. The van der Waals surface area contributed by atoms with E-state index in [0.717, 1.165) is 27.5 Å². The van der Waals surface area contributed by atoms with Crippen molar-refractivity contribution in [1.82, 2.24) is 0 Å². The summed E-state index contributed by atoms with van der Waals surface area (Å²) in [4.78, 5) is 0. The summed E-state index contributed by atoms with van der Waals surface area (Å²) in [5.41, 5.74) is 13.7. The van der Waals surface area contributed by atoms with E-state index in [4.69, 9.17) is 4.42 Å². The van der Waals surface area contributed by atoms with Gasteiger partial charge in [0.1, 0.15) is 11.2 Å². The van der Waals surface area contributed by atoms with E-state index < -0.39 is 0 Å². The van der Waals surface area contributed by atoms with Gasteiger partial charge in [-0.3, -0.25) is 0 Å². The van der Waals surface area contributed by atoms with Crippen LogP contribution in [0.15, 0.2) is 259 Å². The van der Waals surface area contributed by atoms with Crippen LogP contribution >= 0.6 is 11.3 Å². The largest absolute Gasteiger partial charge is 0.456 e. The summed E-state index contributed by atoms with van der Waals surface area (Å²) in [5.74, 6) is 0. The van der Waals surface area contributed by atoms with Crippen LogP contribution in [0.3, 0.4) is 0 Å². The van der Waals surface area contributed by atoms with E-state index in [9.17, 15) is 0 Å². The Balaban J connectivity index is 0.753. The summed E-state index contributed by atoms with van der Waals surface area (Å²) < 4.78 is 9.34. The van der Waals surface area contributed by atoms with Crippen molar-refractivity contribution in [2.75, 3.05) is 0 Å². The molecule has 0 fully saturated rings. The van der Waals surface area contributed by atoms with Gasteiger partial charge in [-0.25, -0.2) is 0 Å². The highest BCUT2D eigenvalue weighted by atomic mass is 32.1. The third kappa shape index (κ3) is 6.49. The monoisotopic (exact) mass is 954 g/mol. The molecule has 2 aromatic heterocycles. The molecule has 0 unspecified atom stereocenters. The Morgan fingerprint density at radius 3 is 1.46 bits per heavy atom. The summed E-state index contributed by atoms with van der Waals surface area (Å²) in [6.45, 7) is 0. The lowest BCUT2D eigenvalue weighted by Crippen LogP contribution is -1.88. The molecule has 0 atom stereocenters. The average molecular weight is 955 g/mol. The number of thiophene rings is 1. The lowest BCUT2D eigenvalue weighted by molar-refractivity contribution is 0.669. The molecule has 2 heteroatoms. The minimum absolute atomic E-state index is 0.886. The molecular formula is C72H42OS. The molecule has 0 bridgehead atoms. The molecule has 0 saturated heterocycles. The molecule has 0 aliphatic carbocycles. The van der Waals surface area contributed by atoms with Gasteiger partial charge in [0.05, 0.1) is 0 Å². The maximum absolute atomic E-state index is 6.69. The maximum Gasteiger partial charge on any atom is 0.136 e. The highest BCUT2D eigenvalue weighted by molar-refractivity contribution is 7.25. The first kappa shape index (κ1) is 41.3. The Bertz CT molecular complexity index is 5010. The molecule has 0 aliphatic heterocycles. The van der Waals surface area contributed by atoms with E-state index in [-0.39, 0.29) is 0 Å². The second-order valence-electron chi connectivity index (χ2n) is 19.9. The summed E-state index contributed by atoms with van der Waals surface area (Å²) >= 11 is 1.86. The third-order valence-corrected chi connectivity index (χ3v) is 17.0. The van der Waals surface area contributed by atoms with E-state index in [1.54, 1.807) is 0 Å². The minimum Gasteiger partial charge on any atom is -0.456 e. The first-order valence-electron chi connectivity index (χ1n) is 25.4. The van der Waals surface area contributed by atoms with Crippen LogP contribution in [-0.4, -0.2) is 0 Å². The van der Waals surface area contributed by atoms with Gasteiger partial charge in [0.15, 0.2) is 0 Å². The number of furan rings is 1. The van der Waals surface area contributed by atoms with Gasteiger partial charge in [0.25, 0.3) is 0 Å². The van der Waals surface area contributed by atoms with Gasteiger partial charge in [-0.15, -0.1) is 11.3 Å². The second kappa shape index (κ2) is 16.1. The van der Waals surface area contributed by atoms with Crippen LogP contribution in [0, 0.1) is 0 Å². The topological polar surface area (TPSA) is 13.1 Å². The van der Waals surface area contributed by atoms with Crippen molar-refractivity contribution in [3.8, 4) is 55.6 Å². The van der Waals surface area contributed by atoms with Crippen LogP contribution in [0.2, 0.25) is 0 Å². The van der Waals surface area contributed by atoms with Crippen molar-refractivity contribution in [3.63, 3.8) is 0 Å². The van der Waals surface area contributed by atoms with Gasteiger partial charge in [0, 0.05) is 30.9 Å². The van der Waals surface area contributed by atoms with Crippen molar-refractivity contribution < 1.29 is 4.42 Å². The fourth-order valence-electron chi connectivity index (χ4n) is 12.1.